The molecule has 0 N–H and O–H groups in total. The predicted molar refractivity (Wildman–Crippen MR) is 189 cm³/mol. The summed E-state index contributed by atoms with van der Waals surface area (Å²) in [5, 5.41) is 6.10. The molecule has 0 aliphatic rings. The van der Waals surface area contributed by atoms with E-state index in [2.05, 4.69) is 149 Å². The summed E-state index contributed by atoms with van der Waals surface area (Å²) in [5.41, 5.74) is 9.13. The largest absolute Gasteiger partial charge is 0.309 e. The third kappa shape index (κ3) is 3.59. The normalized spacial score (nSPS) is 12.0. The molecule has 0 atom stereocenters. The van der Waals surface area contributed by atoms with Crippen LogP contribution in [0, 0.1) is 0 Å². The lowest BCUT2D eigenvalue weighted by Crippen LogP contribution is -2.00. The van der Waals surface area contributed by atoms with Crippen LogP contribution in [0.2, 0.25) is 0 Å². The zero-order chi connectivity index (χ0) is 29.5. The van der Waals surface area contributed by atoms with E-state index in [0.717, 1.165) is 32.3 Å². The van der Waals surface area contributed by atoms with Crippen LogP contribution in [-0.4, -0.2) is 19.1 Å². The average molecular weight is 593 g/mol. The number of nitrogens with zero attached hydrogens (tertiary/aromatic N) is 4. The number of hydrogen-bond acceptors (Lipinski definition) is 3. The number of rotatable bonds is 3. The van der Waals surface area contributed by atoms with E-state index in [1.165, 1.54) is 48.4 Å². The van der Waals surface area contributed by atoms with Crippen molar-refractivity contribution in [3.8, 4) is 22.8 Å². The Bertz CT molecular complexity index is 2670. The average Bonchev–Trinajstić information content (AvgIpc) is 3.75. The van der Waals surface area contributed by atoms with Crippen LogP contribution in [-0.2, 0) is 0 Å². The second kappa shape index (κ2) is 9.36. The van der Waals surface area contributed by atoms with Gasteiger partial charge in [0.05, 0.1) is 38.5 Å². The van der Waals surface area contributed by atoms with E-state index in [4.69, 9.17) is 9.97 Å². The maximum Gasteiger partial charge on any atom is 0.235 e. The number of hydrogen-bond donors (Lipinski definition) is 0. The molecule has 6 aromatic carbocycles. The van der Waals surface area contributed by atoms with E-state index in [0.29, 0.717) is 5.95 Å². The fraction of sp³-hybridized carbons (Fsp3) is 0. The Balaban J connectivity index is 1.15. The Morgan fingerprint density at radius 3 is 1.62 bits per heavy atom. The van der Waals surface area contributed by atoms with Gasteiger partial charge in [0.15, 0.2) is 0 Å². The molecule has 0 aliphatic heterocycles. The summed E-state index contributed by atoms with van der Waals surface area (Å²) in [7, 11) is 0. The van der Waals surface area contributed by atoms with E-state index in [1.807, 2.05) is 6.20 Å². The van der Waals surface area contributed by atoms with Crippen molar-refractivity contribution in [1.82, 2.24) is 19.1 Å². The van der Waals surface area contributed by atoms with Crippen molar-refractivity contribution in [2.45, 2.75) is 0 Å². The standard InChI is InChI=1S/C40H24N4S/c1-5-16-33-28(12-1)29-13-2-6-17-34(29)43(33)27-11-9-10-25(22-27)26-20-21-37-32(23-26)39-38(45-37)24-41-40(42-39)44-35-18-7-3-14-30(35)31-15-4-8-19-36(31)44/h1-24H. The Morgan fingerprint density at radius 1 is 0.444 bits per heavy atom. The third-order valence-electron chi connectivity index (χ3n) is 8.99. The summed E-state index contributed by atoms with van der Waals surface area (Å²) in [6, 6.07) is 49.9. The van der Waals surface area contributed by atoms with Gasteiger partial charge in [-0.3, -0.25) is 4.57 Å². The molecule has 0 fully saturated rings. The third-order valence-corrected chi connectivity index (χ3v) is 10.1. The smallest absolute Gasteiger partial charge is 0.235 e. The lowest BCUT2D eigenvalue weighted by molar-refractivity contribution is 1.01. The van der Waals surface area contributed by atoms with Gasteiger partial charge in [0.2, 0.25) is 5.95 Å². The number of fused-ring (bicyclic) bond motifs is 9. The van der Waals surface area contributed by atoms with Gasteiger partial charge >= 0.3 is 0 Å². The van der Waals surface area contributed by atoms with Gasteiger partial charge in [0.1, 0.15) is 0 Å². The molecule has 10 aromatic rings. The molecular weight excluding hydrogens is 569 g/mol. The number of thiophene rings is 1. The molecule has 0 spiro atoms. The molecule has 0 amide bonds. The van der Waals surface area contributed by atoms with Crippen LogP contribution in [0.15, 0.2) is 146 Å². The van der Waals surface area contributed by atoms with Gasteiger partial charge in [0, 0.05) is 37.3 Å². The molecule has 4 nitrogen and oxygen atoms in total. The van der Waals surface area contributed by atoms with Gasteiger partial charge in [-0.2, -0.15) is 0 Å². The molecular formula is C40H24N4S. The Kier molecular flexibility index (Phi) is 5.12. The highest BCUT2D eigenvalue weighted by atomic mass is 32.1. The highest BCUT2D eigenvalue weighted by molar-refractivity contribution is 7.25. The fourth-order valence-corrected chi connectivity index (χ4v) is 8.00. The summed E-state index contributed by atoms with van der Waals surface area (Å²) < 4.78 is 6.86. The quantitative estimate of drug-likeness (QED) is 0.205. The van der Waals surface area contributed by atoms with Crippen LogP contribution >= 0.6 is 11.3 Å². The Hall–Kier alpha value is -5.78. The first-order valence-electron chi connectivity index (χ1n) is 15.1. The lowest BCUT2D eigenvalue weighted by Gasteiger charge is -2.10. The van der Waals surface area contributed by atoms with Gasteiger partial charge in [-0.25, -0.2) is 9.97 Å². The molecule has 4 heterocycles. The van der Waals surface area contributed by atoms with E-state index in [1.54, 1.807) is 11.3 Å². The highest BCUT2D eigenvalue weighted by Crippen LogP contribution is 2.38. The molecule has 210 valence electrons. The number of benzene rings is 6. The van der Waals surface area contributed by atoms with Crippen LogP contribution in [0.4, 0.5) is 0 Å². The van der Waals surface area contributed by atoms with Gasteiger partial charge in [-0.05, 0) is 59.7 Å². The summed E-state index contributed by atoms with van der Waals surface area (Å²) in [4.78, 5) is 10.1. The lowest BCUT2D eigenvalue weighted by atomic mass is 10.0. The van der Waals surface area contributed by atoms with Crippen molar-refractivity contribution < 1.29 is 0 Å². The van der Waals surface area contributed by atoms with Crippen LogP contribution in [0.25, 0.3) is 86.7 Å². The van der Waals surface area contributed by atoms with Crippen molar-refractivity contribution in [3.05, 3.63) is 146 Å². The molecule has 0 radical (unpaired) electrons. The topological polar surface area (TPSA) is 35.6 Å². The zero-order valence-corrected chi connectivity index (χ0v) is 24.9. The summed E-state index contributed by atoms with van der Waals surface area (Å²) in [5.74, 6) is 0.693. The molecule has 4 aromatic heterocycles. The first kappa shape index (κ1) is 24.6. The minimum Gasteiger partial charge on any atom is -0.309 e. The van der Waals surface area contributed by atoms with Crippen molar-refractivity contribution in [3.63, 3.8) is 0 Å². The summed E-state index contributed by atoms with van der Waals surface area (Å²) in [6.45, 7) is 0. The molecule has 0 aliphatic carbocycles. The highest BCUT2D eigenvalue weighted by Gasteiger charge is 2.17. The van der Waals surface area contributed by atoms with Gasteiger partial charge in [0.25, 0.3) is 0 Å². The summed E-state index contributed by atoms with van der Waals surface area (Å²) in [6.07, 6.45) is 1.98. The van der Waals surface area contributed by atoms with Crippen molar-refractivity contribution in [1.29, 1.82) is 0 Å². The number of para-hydroxylation sites is 4. The Labute approximate surface area is 262 Å². The Morgan fingerprint density at radius 2 is 1.00 bits per heavy atom. The van der Waals surface area contributed by atoms with Crippen molar-refractivity contribution >= 4 is 75.3 Å². The SMILES string of the molecule is c1cc(-c2ccc3sc4cnc(-n5c6ccccc6c6ccccc65)nc4c3c2)cc(-n2c3ccccc3c3ccccc32)c1. The predicted octanol–water partition coefficient (Wildman–Crippen LogP) is 10.7. The van der Waals surface area contributed by atoms with Crippen LogP contribution in [0.3, 0.4) is 0 Å². The van der Waals surface area contributed by atoms with E-state index in [9.17, 15) is 0 Å². The van der Waals surface area contributed by atoms with Crippen LogP contribution in [0.5, 0.6) is 0 Å². The molecule has 0 unspecified atom stereocenters. The molecule has 45 heavy (non-hydrogen) atoms. The van der Waals surface area contributed by atoms with Crippen molar-refractivity contribution in [2.75, 3.05) is 0 Å². The first-order chi connectivity index (χ1) is 22.3. The summed E-state index contributed by atoms with van der Waals surface area (Å²) >= 11 is 1.74. The van der Waals surface area contributed by atoms with E-state index >= 15 is 0 Å². The van der Waals surface area contributed by atoms with E-state index in [-0.39, 0.29) is 0 Å². The monoisotopic (exact) mass is 592 g/mol. The molecule has 0 bridgehead atoms. The molecule has 5 heteroatoms. The van der Waals surface area contributed by atoms with Gasteiger partial charge in [-0.1, -0.05) is 91.0 Å². The number of aromatic nitrogens is 4. The molecule has 0 saturated carbocycles. The minimum atomic E-state index is 0.693. The maximum atomic E-state index is 5.23. The molecule has 10 rings (SSSR count). The van der Waals surface area contributed by atoms with Crippen molar-refractivity contribution in [2.24, 2.45) is 0 Å². The van der Waals surface area contributed by atoms with Crippen LogP contribution < -0.4 is 0 Å². The first-order valence-corrected chi connectivity index (χ1v) is 15.9. The second-order valence-electron chi connectivity index (χ2n) is 11.5. The second-order valence-corrected chi connectivity index (χ2v) is 12.6. The van der Waals surface area contributed by atoms with E-state index < -0.39 is 0 Å². The fourth-order valence-electron chi connectivity index (χ4n) is 7.00. The van der Waals surface area contributed by atoms with Gasteiger partial charge in [-0.15, -0.1) is 11.3 Å². The minimum absolute atomic E-state index is 0.693. The van der Waals surface area contributed by atoms with Crippen LogP contribution in [0.1, 0.15) is 0 Å². The molecule has 0 saturated heterocycles. The van der Waals surface area contributed by atoms with Gasteiger partial charge < -0.3 is 4.57 Å². The maximum absolute atomic E-state index is 5.23. The zero-order valence-electron chi connectivity index (χ0n) is 24.1.